The molecule has 1 atom stereocenters. The summed E-state index contributed by atoms with van der Waals surface area (Å²) in [5.41, 5.74) is 0.709. The Morgan fingerprint density at radius 3 is 2.61 bits per heavy atom. The minimum atomic E-state index is -0.360. The van der Waals surface area contributed by atoms with Gasteiger partial charge < -0.3 is 9.80 Å². The van der Waals surface area contributed by atoms with Gasteiger partial charge in [0.15, 0.2) is 5.69 Å². The Balaban J connectivity index is 1.16. The van der Waals surface area contributed by atoms with E-state index in [2.05, 4.69) is 25.9 Å². The summed E-state index contributed by atoms with van der Waals surface area (Å²) in [4.78, 5) is 24.3. The number of piperidine rings is 1. The summed E-state index contributed by atoms with van der Waals surface area (Å²) >= 11 is 0. The van der Waals surface area contributed by atoms with Crippen LogP contribution in [0.4, 0.5) is 10.2 Å². The number of anilines is 1. The second-order valence-electron chi connectivity index (χ2n) is 8.83. The molecular formula is C25H29FN6O. The second-order valence-corrected chi connectivity index (χ2v) is 8.83. The third-order valence-electron chi connectivity index (χ3n) is 6.58. The van der Waals surface area contributed by atoms with Crippen LogP contribution in [0.25, 0.3) is 5.69 Å². The van der Waals surface area contributed by atoms with Gasteiger partial charge in [-0.2, -0.15) is 5.10 Å². The van der Waals surface area contributed by atoms with Crippen molar-refractivity contribution in [3.8, 4) is 5.69 Å². The Hall–Kier alpha value is -3.26. The Bertz CT molecular complexity index is 1080. The third-order valence-corrected chi connectivity index (χ3v) is 6.58. The van der Waals surface area contributed by atoms with E-state index in [1.165, 1.54) is 10.7 Å². The first-order valence-electron chi connectivity index (χ1n) is 11.7. The highest BCUT2D eigenvalue weighted by Gasteiger charge is 2.28. The SMILES string of the molecule is O=C(c1ccn(-c2ccccc2F)n1)N1CCCC(CN2CCN(c3ccccn3)CC2)C1. The van der Waals surface area contributed by atoms with Crippen molar-refractivity contribution in [1.29, 1.82) is 0 Å². The molecule has 0 aliphatic carbocycles. The Morgan fingerprint density at radius 1 is 1.00 bits per heavy atom. The van der Waals surface area contributed by atoms with Crippen molar-refractivity contribution in [2.45, 2.75) is 12.8 Å². The van der Waals surface area contributed by atoms with Gasteiger partial charge in [0, 0.05) is 58.2 Å². The van der Waals surface area contributed by atoms with Crippen molar-refractivity contribution in [2.24, 2.45) is 5.92 Å². The summed E-state index contributed by atoms with van der Waals surface area (Å²) in [6.07, 6.45) is 5.62. The number of halogens is 1. The van der Waals surface area contributed by atoms with Gasteiger partial charge in [-0.05, 0) is 49.1 Å². The smallest absolute Gasteiger partial charge is 0.274 e. The van der Waals surface area contributed by atoms with Gasteiger partial charge in [0.25, 0.3) is 5.91 Å². The highest BCUT2D eigenvalue weighted by atomic mass is 19.1. The van der Waals surface area contributed by atoms with Crippen molar-refractivity contribution >= 4 is 11.7 Å². The lowest BCUT2D eigenvalue weighted by Gasteiger charge is -2.39. The fraction of sp³-hybridized carbons (Fsp3) is 0.400. The van der Waals surface area contributed by atoms with Crippen LogP contribution in [0.3, 0.4) is 0 Å². The van der Waals surface area contributed by atoms with E-state index in [4.69, 9.17) is 0 Å². The first-order valence-corrected chi connectivity index (χ1v) is 11.7. The standard InChI is InChI=1S/C25H29FN6O/c26-21-7-1-2-8-23(21)32-13-10-22(28-32)25(33)31-12-5-6-20(19-31)18-29-14-16-30(17-15-29)24-9-3-4-11-27-24/h1-4,7-11,13,20H,5-6,12,14-19H2. The molecule has 7 nitrogen and oxygen atoms in total. The molecule has 1 amide bonds. The van der Waals surface area contributed by atoms with Crippen molar-refractivity contribution in [3.63, 3.8) is 0 Å². The van der Waals surface area contributed by atoms with Crippen LogP contribution < -0.4 is 4.90 Å². The maximum Gasteiger partial charge on any atom is 0.274 e. The van der Waals surface area contributed by atoms with Gasteiger partial charge in [-0.1, -0.05) is 18.2 Å². The molecular weight excluding hydrogens is 419 g/mol. The summed E-state index contributed by atoms with van der Waals surface area (Å²) in [7, 11) is 0. The number of carbonyl (C=O) groups excluding carboxylic acids is 1. The zero-order chi connectivity index (χ0) is 22.6. The first kappa shape index (κ1) is 21.6. The summed E-state index contributed by atoms with van der Waals surface area (Å²) in [6.45, 7) is 6.45. The van der Waals surface area contributed by atoms with E-state index >= 15 is 0 Å². The lowest BCUT2D eigenvalue weighted by atomic mass is 9.97. The number of carbonyl (C=O) groups is 1. The van der Waals surface area contributed by atoms with E-state index < -0.39 is 0 Å². The number of piperazine rings is 1. The number of benzene rings is 1. The molecule has 2 aliphatic rings. The van der Waals surface area contributed by atoms with Crippen molar-refractivity contribution in [1.82, 2.24) is 24.6 Å². The maximum absolute atomic E-state index is 14.1. The molecule has 5 rings (SSSR count). The third kappa shape index (κ3) is 4.90. The number of pyridine rings is 1. The van der Waals surface area contributed by atoms with Crippen LogP contribution in [0.2, 0.25) is 0 Å². The molecule has 0 spiro atoms. The van der Waals surface area contributed by atoms with Crippen LogP contribution in [0.15, 0.2) is 60.9 Å². The van der Waals surface area contributed by atoms with Crippen molar-refractivity contribution in [3.05, 3.63) is 72.4 Å². The molecule has 33 heavy (non-hydrogen) atoms. The number of hydrogen-bond donors (Lipinski definition) is 0. The van der Waals surface area contributed by atoms with Crippen LogP contribution in [0, 0.1) is 11.7 Å². The molecule has 0 radical (unpaired) electrons. The molecule has 2 aliphatic heterocycles. The quantitative estimate of drug-likeness (QED) is 0.601. The number of rotatable bonds is 5. The first-order chi connectivity index (χ1) is 16.2. The topological polar surface area (TPSA) is 57.5 Å². The fourth-order valence-corrected chi connectivity index (χ4v) is 4.84. The summed E-state index contributed by atoms with van der Waals surface area (Å²) in [5.74, 6) is 1.06. The Morgan fingerprint density at radius 2 is 1.82 bits per heavy atom. The van der Waals surface area contributed by atoms with Crippen LogP contribution in [0.5, 0.6) is 0 Å². The number of amides is 1. The summed E-state index contributed by atoms with van der Waals surface area (Å²) in [5, 5.41) is 4.36. The van der Waals surface area contributed by atoms with Gasteiger partial charge in [0.1, 0.15) is 17.3 Å². The number of nitrogens with zero attached hydrogens (tertiary/aromatic N) is 6. The van der Waals surface area contributed by atoms with Crippen molar-refractivity contribution in [2.75, 3.05) is 50.7 Å². The number of hydrogen-bond acceptors (Lipinski definition) is 5. The average molecular weight is 449 g/mol. The molecule has 2 saturated heterocycles. The molecule has 4 heterocycles. The molecule has 0 N–H and O–H groups in total. The van der Waals surface area contributed by atoms with Gasteiger partial charge in [0.2, 0.25) is 0 Å². The molecule has 1 unspecified atom stereocenters. The number of likely N-dealkylation sites (tertiary alicyclic amines) is 1. The van der Waals surface area contributed by atoms with E-state index in [1.54, 1.807) is 30.5 Å². The number of aromatic nitrogens is 3. The predicted octanol–water partition coefficient (Wildman–Crippen LogP) is 3.08. The van der Waals surface area contributed by atoms with Crippen LogP contribution in [0.1, 0.15) is 23.3 Å². The lowest BCUT2D eigenvalue weighted by molar-refractivity contribution is 0.0631. The van der Waals surface area contributed by atoms with Crippen LogP contribution >= 0.6 is 0 Å². The van der Waals surface area contributed by atoms with Gasteiger partial charge in [-0.25, -0.2) is 14.1 Å². The fourth-order valence-electron chi connectivity index (χ4n) is 4.84. The highest BCUT2D eigenvalue weighted by Crippen LogP contribution is 2.21. The van der Waals surface area contributed by atoms with Gasteiger partial charge in [0.05, 0.1) is 0 Å². The molecule has 2 fully saturated rings. The van der Waals surface area contributed by atoms with E-state index in [0.29, 0.717) is 17.3 Å². The lowest BCUT2D eigenvalue weighted by Crippen LogP contribution is -2.50. The van der Waals surface area contributed by atoms with E-state index in [0.717, 1.165) is 64.5 Å². The Kier molecular flexibility index (Phi) is 6.35. The normalized spacial score (nSPS) is 19.6. The molecule has 2 aromatic heterocycles. The van der Waals surface area contributed by atoms with Gasteiger partial charge >= 0.3 is 0 Å². The molecule has 1 aromatic carbocycles. The zero-order valence-electron chi connectivity index (χ0n) is 18.7. The van der Waals surface area contributed by atoms with Gasteiger partial charge in [-0.3, -0.25) is 9.69 Å². The summed E-state index contributed by atoms with van der Waals surface area (Å²) < 4.78 is 15.5. The monoisotopic (exact) mass is 448 g/mol. The minimum absolute atomic E-state index is 0.0743. The van der Waals surface area contributed by atoms with E-state index in [9.17, 15) is 9.18 Å². The largest absolute Gasteiger partial charge is 0.354 e. The minimum Gasteiger partial charge on any atom is -0.354 e. The number of para-hydroxylation sites is 1. The summed E-state index contributed by atoms with van der Waals surface area (Å²) in [6, 6.07) is 14.2. The molecule has 3 aromatic rings. The molecule has 0 saturated carbocycles. The van der Waals surface area contributed by atoms with Crippen LogP contribution in [-0.2, 0) is 0 Å². The van der Waals surface area contributed by atoms with Gasteiger partial charge in [-0.15, -0.1) is 0 Å². The average Bonchev–Trinajstić information content (AvgIpc) is 3.35. The Labute approximate surface area is 193 Å². The molecule has 172 valence electrons. The second kappa shape index (κ2) is 9.70. The predicted molar refractivity (Wildman–Crippen MR) is 125 cm³/mol. The zero-order valence-corrected chi connectivity index (χ0v) is 18.7. The maximum atomic E-state index is 14.1. The van der Waals surface area contributed by atoms with Crippen molar-refractivity contribution < 1.29 is 9.18 Å². The van der Waals surface area contributed by atoms with E-state index in [-0.39, 0.29) is 11.7 Å². The molecule has 8 heteroatoms. The van der Waals surface area contributed by atoms with E-state index in [1.807, 2.05) is 23.2 Å². The highest BCUT2D eigenvalue weighted by molar-refractivity contribution is 5.92. The molecule has 0 bridgehead atoms. The van der Waals surface area contributed by atoms with Crippen LogP contribution in [-0.4, -0.2) is 76.3 Å².